The van der Waals surface area contributed by atoms with Crippen molar-refractivity contribution < 1.29 is 14.4 Å². The molecule has 2 aliphatic rings. The van der Waals surface area contributed by atoms with Crippen LogP contribution in [0.2, 0.25) is 0 Å². The van der Waals surface area contributed by atoms with Gasteiger partial charge in [0.25, 0.3) is 5.69 Å². The fraction of sp³-hybridized carbons (Fsp3) is 0.538. The standard InChI is InChI=1S/C13H15NO4/c1-13(2)11(17-7-10-12(13)18-10)8-3-5-9(6-4-8)14(15)16/h3-6,10-12H,7H2,1-2H3/t10-,11+,12-/m1/s1. The van der Waals surface area contributed by atoms with E-state index < -0.39 is 4.92 Å². The minimum absolute atomic E-state index is 0.0675. The van der Waals surface area contributed by atoms with Crippen LogP contribution in [0.3, 0.4) is 0 Å². The highest BCUT2D eigenvalue weighted by molar-refractivity contribution is 5.35. The maximum Gasteiger partial charge on any atom is 0.269 e. The smallest absolute Gasteiger partial charge is 0.269 e. The summed E-state index contributed by atoms with van der Waals surface area (Å²) in [6.45, 7) is 4.83. The Kier molecular flexibility index (Phi) is 2.43. The molecule has 0 saturated carbocycles. The molecule has 2 saturated heterocycles. The minimum Gasteiger partial charge on any atom is -0.370 e. The number of benzene rings is 1. The average molecular weight is 249 g/mol. The molecular formula is C13H15NO4. The van der Waals surface area contributed by atoms with Gasteiger partial charge in [-0.25, -0.2) is 0 Å². The van der Waals surface area contributed by atoms with Crippen molar-refractivity contribution in [2.24, 2.45) is 5.41 Å². The Hall–Kier alpha value is -1.46. The van der Waals surface area contributed by atoms with Gasteiger partial charge in [-0.2, -0.15) is 0 Å². The van der Waals surface area contributed by atoms with Crippen LogP contribution in [0.25, 0.3) is 0 Å². The fourth-order valence-corrected chi connectivity index (χ4v) is 2.78. The van der Waals surface area contributed by atoms with Crippen molar-refractivity contribution in [3.05, 3.63) is 39.9 Å². The van der Waals surface area contributed by atoms with Gasteiger partial charge in [0.2, 0.25) is 0 Å². The van der Waals surface area contributed by atoms with Crippen molar-refractivity contribution in [2.75, 3.05) is 6.61 Å². The Morgan fingerprint density at radius 2 is 2.00 bits per heavy atom. The van der Waals surface area contributed by atoms with E-state index in [1.807, 2.05) is 0 Å². The van der Waals surface area contributed by atoms with Gasteiger partial charge in [0.15, 0.2) is 0 Å². The number of hydrogen-bond donors (Lipinski definition) is 0. The molecule has 5 heteroatoms. The Morgan fingerprint density at radius 3 is 2.61 bits per heavy atom. The second kappa shape index (κ2) is 3.76. The van der Waals surface area contributed by atoms with E-state index in [4.69, 9.17) is 9.47 Å². The molecule has 0 N–H and O–H groups in total. The van der Waals surface area contributed by atoms with E-state index in [0.29, 0.717) is 6.61 Å². The molecular weight excluding hydrogens is 234 g/mol. The van der Waals surface area contributed by atoms with Crippen LogP contribution in [0.4, 0.5) is 5.69 Å². The zero-order valence-electron chi connectivity index (χ0n) is 10.3. The maximum absolute atomic E-state index is 10.6. The summed E-state index contributed by atoms with van der Waals surface area (Å²) >= 11 is 0. The molecule has 5 nitrogen and oxygen atoms in total. The van der Waals surface area contributed by atoms with Crippen molar-refractivity contribution >= 4 is 5.69 Å². The summed E-state index contributed by atoms with van der Waals surface area (Å²) in [6.07, 6.45) is 0.405. The molecule has 1 aromatic rings. The molecule has 2 heterocycles. The molecule has 3 atom stereocenters. The van der Waals surface area contributed by atoms with Crippen molar-refractivity contribution in [1.29, 1.82) is 0 Å². The molecule has 0 radical (unpaired) electrons. The number of non-ortho nitro benzene ring substituents is 1. The lowest BCUT2D eigenvalue weighted by Gasteiger charge is -2.36. The third-order valence-electron chi connectivity index (χ3n) is 3.83. The predicted octanol–water partition coefficient (Wildman–Crippen LogP) is 2.46. The van der Waals surface area contributed by atoms with Gasteiger partial charge in [-0.3, -0.25) is 10.1 Å². The predicted molar refractivity (Wildman–Crippen MR) is 64.2 cm³/mol. The molecule has 18 heavy (non-hydrogen) atoms. The molecule has 0 unspecified atom stereocenters. The molecule has 0 aliphatic carbocycles. The summed E-state index contributed by atoms with van der Waals surface area (Å²) in [5, 5.41) is 10.6. The Balaban J connectivity index is 1.87. The van der Waals surface area contributed by atoms with Crippen LogP contribution in [0, 0.1) is 15.5 Å². The Morgan fingerprint density at radius 1 is 1.33 bits per heavy atom. The number of epoxide rings is 1. The van der Waals surface area contributed by atoms with E-state index in [1.54, 1.807) is 12.1 Å². The maximum atomic E-state index is 10.6. The number of ether oxygens (including phenoxy) is 2. The molecule has 1 aromatic carbocycles. The number of hydrogen-bond acceptors (Lipinski definition) is 4. The third kappa shape index (κ3) is 1.71. The van der Waals surface area contributed by atoms with E-state index in [9.17, 15) is 10.1 Å². The molecule has 2 fully saturated rings. The number of nitrogens with zero attached hydrogens (tertiary/aromatic N) is 1. The molecule has 0 aromatic heterocycles. The summed E-state index contributed by atoms with van der Waals surface area (Å²) in [6, 6.07) is 6.59. The largest absolute Gasteiger partial charge is 0.370 e. The lowest BCUT2D eigenvalue weighted by Crippen LogP contribution is -2.36. The summed E-state index contributed by atoms with van der Waals surface area (Å²) in [7, 11) is 0. The number of nitro benzene ring substituents is 1. The Bertz CT molecular complexity index is 482. The highest BCUT2D eigenvalue weighted by Crippen LogP contribution is 2.52. The van der Waals surface area contributed by atoms with E-state index in [-0.39, 0.29) is 29.4 Å². The lowest BCUT2D eigenvalue weighted by molar-refractivity contribution is -0.384. The highest BCUT2D eigenvalue weighted by Gasteiger charge is 2.57. The van der Waals surface area contributed by atoms with E-state index in [0.717, 1.165) is 5.56 Å². The summed E-state index contributed by atoms with van der Waals surface area (Å²) in [5.74, 6) is 0. The van der Waals surface area contributed by atoms with Crippen LogP contribution < -0.4 is 0 Å². The molecule has 2 aliphatic heterocycles. The van der Waals surface area contributed by atoms with Crippen LogP contribution in [0.1, 0.15) is 25.5 Å². The first-order chi connectivity index (χ1) is 8.50. The van der Waals surface area contributed by atoms with Crippen LogP contribution in [-0.2, 0) is 9.47 Å². The van der Waals surface area contributed by atoms with Gasteiger partial charge in [0.05, 0.1) is 23.7 Å². The second-order valence-electron chi connectivity index (χ2n) is 5.48. The van der Waals surface area contributed by atoms with Gasteiger partial charge in [0, 0.05) is 17.5 Å². The van der Waals surface area contributed by atoms with Crippen molar-refractivity contribution in [1.82, 2.24) is 0 Å². The van der Waals surface area contributed by atoms with Gasteiger partial charge in [-0.05, 0) is 17.7 Å². The number of nitro groups is 1. The molecule has 0 amide bonds. The zero-order chi connectivity index (χ0) is 12.9. The first-order valence-electron chi connectivity index (χ1n) is 6.01. The summed E-state index contributed by atoms with van der Waals surface area (Å²) in [4.78, 5) is 10.2. The molecule has 3 rings (SSSR count). The molecule has 0 bridgehead atoms. The van der Waals surface area contributed by atoms with E-state index in [2.05, 4.69) is 13.8 Å². The summed E-state index contributed by atoms with van der Waals surface area (Å²) in [5.41, 5.74) is 0.978. The number of rotatable bonds is 2. The van der Waals surface area contributed by atoms with Gasteiger partial charge in [-0.1, -0.05) is 13.8 Å². The molecule has 0 spiro atoms. The van der Waals surface area contributed by atoms with Gasteiger partial charge in [0.1, 0.15) is 6.10 Å². The van der Waals surface area contributed by atoms with Gasteiger partial charge < -0.3 is 9.47 Å². The zero-order valence-corrected chi connectivity index (χ0v) is 10.3. The van der Waals surface area contributed by atoms with Crippen molar-refractivity contribution in [3.8, 4) is 0 Å². The minimum atomic E-state index is -0.392. The van der Waals surface area contributed by atoms with Crippen LogP contribution in [0.15, 0.2) is 24.3 Å². The van der Waals surface area contributed by atoms with Crippen LogP contribution in [-0.4, -0.2) is 23.7 Å². The number of fused-ring (bicyclic) bond motifs is 1. The Labute approximate surface area is 105 Å². The van der Waals surface area contributed by atoms with Crippen molar-refractivity contribution in [2.45, 2.75) is 32.2 Å². The normalized spacial score (nSPS) is 32.7. The van der Waals surface area contributed by atoms with Crippen LogP contribution in [0.5, 0.6) is 0 Å². The third-order valence-corrected chi connectivity index (χ3v) is 3.83. The quantitative estimate of drug-likeness (QED) is 0.459. The fourth-order valence-electron chi connectivity index (χ4n) is 2.78. The first-order valence-corrected chi connectivity index (χ1v) is 6.01. The van der Waals surface area contributed by atoms with Gasteiger partial charge in [-0.15, -0.1) is 0 Å². The van der Waals surface area contributed by atoms with E-state index in [1.165, 1.54) is 12.1 Å². The SMILES string of the molecule is CC1(C)[C@@H]2O[C@@H]2CO[C@H]1c1ccc([N+](=O)[O-])cc1. The second-order valence-corrected chi connectivity index (χ2v) is 5.48. The molecule has 96 valence electrons. The average Bonchev–Trinajstić information content (AvgIpc) is 3.10. The monoisotopic (exact) mass is 249 g/mol. The van der Waals surface area contributed by atoms with E-state index >= 15 is 0 Å². The highest BCUT2D eigenvalue weighted by atomic mass is 16.6. The topological polar surface area (TPSA) is 64.9 Å². The summed E-state index contributed by atoms with van der Waals surface area (Å²) < 4.78 is 11.4. The first kappa shape index (κ1) is 11.6. The van der Waals surface area contributed by atoms with Crippen molar-refractivity contribution in [3.63, 3.8) is 0 Å². The van der Waals surface area contributed by atoms with Crippen LogP contribution >= 0.6 is 0 Å². The lowest BCUT2D eigenvalue weighted by atomic mass is 9.77. The van der Waals surface area contributed by atoms with Gasteiger partial charge >= 0.3 is 0 Å².